The van der Waals surface area contributed by atoms with Crippen molar-refractivity contribution in [1.29, 1.82) is 0 Å². The van der Waals surface area contributed by atoms with E-state index in [1.165, 1.54) is 15.6 Å². The maximum Gasteiger partial charge on any atom is 0.303 e. The van der Waals surface area contributed by atoms with Crippen LogP contribution in [0.3, 0.4) is 0 Å². The highest BCUT2D eigenvalue weighted by Crippen LogP contribution is 2.30. The Morgan fingerprint density at radius 2 is 2.35 bits per heavy atom. The molecule has 1 fully saturated rings. The van der Waals surface area contributed by atoms with Gasteiger partial charge < -0.3 is 5.11 Å². The molecule has 1 aromatic heterocycles. The Kier molecular flexibility index (Phi) is 4.82. The van der Waals surface area contributed by atoms with Gasteiger partial charge in [0, 0.05) is 19.5 Å². The molecule has 2 atom stereocenters. The van der Waals surface area contributed by atoms with Gasteiger partial charge in [0.25, 0.3) is 10.0 Å². The van der Waals surface area contributed by atoms with Gasteiger partial charge in [0.15, 0.2) is 0 Å². The zero-order valence-corrected chi connectivity index (χ0v) is 13.0. The second-order valence-electron chi connectivity index (χ2n) is 5.27. The highest BCUT2D eigenvalue weighted by Gasteiger charge is 2.33. The summed E-state index contributed by atoms with van der Waals surface area (Å²) in [7, 11) is -3.41. The molecule has 112 valence electrons. The standard InChI is InChI=1S/C13H19NO4S2/c1-10(8-12(15)16)11-4-2-6-14(9-11)20(17,18)13-5-3-7-19-13/h3,5,7,10-11H,2,4,6,8-9H2,1H3,(H,15,16). The van der Waals surface area contributed by atoms with E-state index in [1.807, 2.05) is 6.92 Å². The quantitative estimate of drug-likeness (QED) is 0.904. The predicted molar refractivity (Wildman–Crippen MR) is 77.2 cm³/mol. The van der Waals surface area contributed by atoms with Crippen molar-refractivity contribution in [2.45, 2.75) is 30.4 Å². The lowest BCUT2D eigenvalue weighted by Gasteiger charge is -2.34. The Balaban J connectivity index is 2.09. The molecule has 1 aliphatic rings. The van der Waals surface area contributed by atoms with Crippen LogP contribution in [0.15, 0.2) is 21.7 Å². The van der Waals surface area contributed by atoms with E-state index in [9.17, 15) is 13.2 Å². The Hall–Kier alpha value is -0.920. The minimum atomic E-state index is -3.41. The van der Waals surface area contributed by atoms with Crippen LogP contribution in [0.2, 0.25) is 0 Å². The van der Waals surface area contributed by atoms with Crippen LogP contribution in [-0.4, -0.2) is 36.9 Å². The third kappa shape index (κ3) is 3.39. The van der Waals surface area contributed by atoms with Crippen molar-refractivity contribution in [2.24, 2.45) is 11.8 Å². The third-order valence-corrected chi connectivity index (χ3v) is 7.05. The van der Waals surface area contributed by atoms with Crippen LogP contribution in [0.25, 0.3) is 0 Å². The largest absolute Gasteiger partial charge is 0.481 e. The Labute approximate surface area is 123 Å². The molecule has 0 aliphatic carbocycles. The van der Waals surface area contributed by atoms with E-state index in [0.29, 0.717) is 17.3 Å². The van der Waals surface area contributed by atoms with E-state index in [4.69, 9.17) is 5.11 Å². The number of piperidine rings is 1. The Morgan fingerprint density at radius 1 is 1.60 bits per heavy atom. The molecule has 7 heteroatoms. The average Bonchev–Trinajstić information content (AvgIpc) is 2.92. The third-order valence-electron chi connectivity index (χ3n) is 3.81. The normalized spacial score (nSPS) is 22.6. The molecule has 0 bridgehead atoms. The number of sulfonamides is 1. The van der Waals surface area contributed by atoms with E-state index in [-0.39, 0.29) is 18.3 Å². The summed E-state index contributed by atoms with van der Waals surface area (Å²) < 4.78 is 26.8. The molecule has 1 saturated heterocycles. The highest BCUT2D eigenvalue weighted by atomic mass is 32.2. The number of carbonyl (C=O) groups is 1. The number of hydrogen-bond acceptors (Lipinski definition) is 4. The van der Waals surface area contributed by atoms with Gasteiger partial charge in [0.1, 0.15) is 4.21 Å². The van der Waals surface area contributed by atoms with Gasteiger partial charge >= 0.3 is 5.97 Å². The van der Waals surface area contributed by atoms with E-state index in [2.05, 4.69) is 0 Å². The smallest absolute Gasteiger partial charge is 0.303 e. The number of thiophene rings is 1. The van der Waals surface area contributed by atoms with Crippen molar-refractivity contribution < 1.29 is 18.3 Å². The molecule has 2 unspecified atom stereocenters. The number of hydrogen-bond donors (Lipinski definition) is 1. The van der Waals surface area contributed by atoms with Crippen molar-refractivity contribution in [1.82, 2.24) is 4.31 Å². The summed E-state index contributed by atoms with van der Waals surface area (Å²) in [4.78, 5) is 10.8. The lowest BCUT2D eigenvalue weighted by Crippen LogP contribution is -2.41. The second kappa shape index (κ2) is 6.24. The fraction of sp³-hybridized carbons (Fsp3) is 0.615. The summed E-state index contributed by atoms with van der Waals surface area (Å²) in [5.41, 5.74) is 0. The minimum Gasteiger partial charge on any atom is -0.481 e. The first-order valence-electron chi connectivity index (χ1n) is 6.66. The molecule has 1 aromatic rings. The van der Waals surface area contributed by atoms with Crippen LogP contribution in [-0.2, 0) is 14.8 Å². The van der Waals surface area contributed by atoms with Gasteiger partial charge in [-0.2, -0.15) is 4.31 Å². The minimum absolute atomic E-state index is 0.00571. The first-order chi connectivity index (χ1) is 9.41. The zero-order chi connectivity index (χ0) is 14.8. The lowest BCUT2D eigenvalue weighted by atomic mass is 9.85. The molecule has 0 amide bonds. The van der Waals surface area contributed by atoms with Gasteiger partial charge in [0.2, 0.25) is 0 Å². The summed E-state index contributed by atoms with van der Waals surface area (Å²) in [6.45, 7) is 2.84. The molecule has 0 saturated carbocycles. The topological polar surface area (TPSA) is 74.7 Å². The number of carboxylic acids is 1. The van der Waals surface area contributed by atoms with Crippen molar-refractivity contribution in [3.63, 3.8) is 0 Å². The lowest BCUT2D eigenvalue weighted by molar-refractivity contribution is -0.138. The molecular formula is C13H19NO4S2. The van der Waals surface area contributed by atoms with E-state index in [1.54, 1.807) is 17.5 Å². The van der Waals surface area contributed by atoms with Crippen LogP contribution >= 0.6 is 11.3 Å². The molecule has 1 N–H and O–H groups in total. The first kappa shape index (κ1) is 15.5. The fourth-order valence-corrected chi connectivity index (χ4v) is 5.32. The fourth-order valence-electron chi connectivity index (χ4n) is 2.64. The summed E-state index contributed by atoms with van der Waals surface area (Å²) in [5.74, 6) is -0.709. The van der Waals surface area contributed by atoms with Crippen molar-refractivity contribution >= 4 is 27.3 Å². The van der Waals surface area contributed by atoms with Gasteiger partial charge in [-0.25, -0.2) is 8.42 Å². The van der Waals surface area contributed by atoms with E-state index < -0.39 is 16.0 Å². The zero-order valence-electron chi connectivity index (χ0n) is 11.4. The van der Waals surface area contributed by atoms with Gasteiger partial charge in [-0.1, -0.05) is 13.0 Å². The summed E-state index contributed by atoms with van der Waals surface area (Å²) >= 11 is 1.22. The maximum absolute atomic E-state index is 12.5. The molecule has 2 rings (SSSR count). The van der Waals surface area contributed by atoms with Crippen LogP contribution < -0.4 is 0 Å². The van der Waals surface area contributed by atoms with Crippen molar-refractivity contribution in [3.05, 3.63) is 17.5 Å². The maximum atomic E-state index is 12.5. The van der Waals surface area contributed by atoms with E-state index in [0.717, 1.165) is 12.8 Å². The van der Waals surface area contributed by atoms with Crippen LogP contribution in [0, 0.1) is 11.8 Å². The highest BCUT2D eigenvalue weighted by molar-refractivity contribution is 7.91. The first-order valence-corrected chi connectivity index (χ1v) is 8.98. The number of aliphatic carboxylic acids is 1. The Morgan fingerprint density at radius 3 is 2.95 bits per heavy atom. The molecule has 1 aliphatic heterocycles. The van der Waals surface area contributed by atoms with E-state index >= 15 is 0 Å². The van der Waals surface area contributed by atoms with Crippen LogP contribution in [0.1, 0.15) is 26.2 Å². The SMILES string of the molecule is CC(CC(=O)O)C1CCCN(S(=O)(=O)c2cccs2)C1. The van der Waals surface area contributed by atoms with Crippen LogP contribution in [0.5, 0.6) is 0 Å². The molecular weight excluding hydrogens is 298 g/mol. The Bertz CT molecular complexity index is 553. The second-order valence-corrected chi connectivity index (χ2v) is 8.39. The van der Waals surface area contributed by atoms with Gasteiger partial charge in [-0.05, 0) is 36.1 Å². The molecule has 0 spiro atoms. The molecule has 0 aromatic carbocycles. The number of rotatable bonds is 5. The van der Waals surface area contributed by atoms with Gasteiger partial charge in [0.05, 0.1) is 0 Å². The monoisotopic (exact) mass is 317 g/mol. The summed E-state index contributed by atoms with van der Waals surface area (Å²) in [6.07, 6.45) is 1.78. The predicted octanol–water partition coefficient (Wildman–Crippen LogP) is 2.26. The molecule has 2 heterocycles. The van der Waals surface area contributed by atoms with Crippen molar-refractivity contribution in [2.75, 3.05) is 13.1 Å². The van der Waals surface area contributed by atoms with Gasteiger partial charge in [-0.15, -0.1) is 11.3 Å². The van der Waals surface area contributed by atoms with Crippen LogP contribution in [0.4, 0.5) is 0 Å². The molecule has 20 heavy (non-hydrogen) atoms. The van der Waals surface area contributed by atoms with Gasteiger partial charge in [-0.3, -0.25) is 4.79 Å². The number of carboxylic acid groups (broad SMARTS) is 1. The molecule has 5 nitrogen and oxygen atoms in total. The number of nitrogens with zero attached hydrogens (tertiary/aromatic N) is 1. The average molecular weight is 317 g/mol. The summed E-state index contributed by atoms with van der Waals surface area (Å²) in [5, 5.41) is 10.6. The molecule has 0 radical (unpaired) electrons. The van der Waals surface area contributed by atoms with Crippen molar-refractivity contribution in [3.8, 4) is 0 Å². The summed E-state index contributed by atoms with van der Waals surface area (Å²) in [6, 6.07) is 3.34.